The molecule has 1 aromatic rings. The van der Waals surface area contributed by atoms with Gasteiger partial charge in [0.15, 0.2) is 0 Å². The number of hydrogen-bond donors (Lipinski definition) is 1. The minimum absolute atomic E-state index is 0.265. The molecule has 1 amide bonds. The number of nitrogens with zero attached hydrogens (tertiary/aromatic N) is 1. The van der Waals surface area contributed by atoms with Gasteiger partial charge in [0.25, 0.3) is 0 Å². The Hall–Kier alpha value is -1.35. The Morgan fingerprint density at radius 3 is 2.55 bits per heavy atom. The van der Waals surface area contributed by atoms with Crippen molar-refractivity contribution in [3.63, 3.8) is 0 Å². The number of benzene rings is 1. The Morgan fingerprint density at radius 2 is 1.95 bits per heavy atom. The third kappa shape index (κ3) is 6.71. The number of nitrogens with one attached hydrogen (secondary N) is 1. The van der Waals surface area contributed by atoms with Crippen LogP contribution in [-0.2, 0) is 11.3 Å². The average Bonchev–Trinajstić information content (AvgIpc) is 2.44. The molecule has 1 rings (SSSR count). The second-order valence-corrected chi connectivity index (χ2v) is 5.51. The molecule has 0 bridgehead atoms. The summed E-state index contributed by atoms with van der Waals surface area (Å²) < 4.78 is 0. The molecule has 0 saturated heterocycles. The highest BCUT2D eigenvalue weighted by atomic mass is 16.2. The maximum absolute atomic E-state index is 12.3. The first-order valence-corrected chi connectivity index (χ1v) is 7.68. The standard InChI is InChI=1S/C17H28N2O/c1-4-13-19(14-16-9-6-5-7-10-16)17(20)11-8-12-18-15(2)3/h5-7,9-10,15,18H,4,8,11-14H2,1-3H3. The van der Waals surface area contributed by atoms with Crippen LogP contribution in [0.4, 0.5) is 0 Å². The van der Waals surface area contributed by atoms with Gasteiger partial charge in [0.2, 0.25) is 5.91 Å². The van der Waals surface area contributed by atoms with E-state index in [1.807, 2.05) is 23.1 Å². The predicted octanol–water partition coefficient (Wildman–Crippen LogP) is 3.20. The first-order valence-electron chi connectivity index (χ1n) is 7.68. The summed E-state index contributed by atoms with van der Waals surface area (Å²) in [6, 6.07) is 10.7. The van der Waals surface area contributed by atoms with Crippen LogP contribution in [0.25, 0.3) is 0 Å². The first kappa shape index (κ1) is 16.7. The van der Waals surface area contributed by atoms with Crippen LogP contribution in [0.3, 0.4) is 0 Å². The summed E-state index contributed by atoms with van der Waals surface area (Å²) >= 11 is 0. The van der Waals surface area contributed by atoms with Crippen LogP contribution >= 0.6 is 0 Å². The fourth-order valence-corrected chi connectivity index (χ4v) is 2.15. The first-order chi connectivity index (χ1) is 9.63. The summed E-state index contributed by atoms with van der Waals surface area (Å²) in [4.78, 5) is 14.3. The van der Waals surface area contributed by atoms with E-state index in [9.17, 15) is 4.79 Å². The van der Waals surface area contributed by atoms with E-state index in [-0.39, 0.29) is 5.91 Å². The largest absolute Gasteiger partial charge is 0.338 e. The van der Waals surface area contributed by atoms with Gasteiger partial charge in [-0.25, -0.2) is 0 Å². The SMILES string of the molecule is CCCN(Cc1ccccc1)C(=O)CCCNC(C)C. The van der Waals surface area contributed by atoms with Gasteiger partial charge in [-0.05, 0) is 24.9 Å². The molecule has 0 aliphatic heterocycles. The molecule has 3 nitrogen and oxygen atoms in total. The van der Waals surface area contributed by atoms with E-state index in [0.29, 0.717) is 12.5 Å². The van der Waals surface area contributed by atoms with Gasteiger partial charge >= 0.3 is 0 Å². The lowest BCUT2D eigenvalue weighted by Gasteiger charge is -2.22. The van der Waals surface area contributed by atoms with Gasteiger partial charge < -0.3 is 10.2 Å². The Morgan fingerprint density at radius 1 is 1.25 bits per heavy atom. The molecular formula is C17H28N2O. The van der Waals surface area contributed by atoms with Gasteiger partial charge in [-0.2, -0.15) is 0 Å². The van der Waals surface area contributed by atoms with Crippen LogP contribution in [0, 0.1) is 0 Å². The van der Waals surface area contributed by atoms with Crippen molar-refractivity contribution in [2.75, 3.05) is 13.1 Å². The molecule has 0 atom stereocenters. The Kier molecular flexibility index (Phi) is 7.97. The van der Waals surface area contributed by atoms with Crippen molar-refractivity contribution in [1.82, 2.24) is 10.2 Å². The number of hydrogen-bond acceptors (Lipinski definition) is 2. The topological polar surface area (TPSA) is 32.3 Å². The molecule has 0 unspecified atom stereocenters. The predicted molar refractivity (Wildman–Crippen MR) is 84.5 cm³/mol. The molecule has 112 valence electrons. The Labute approximate surface area is 123 Å². The monoisotopic (exact) mass is 276 g/mol. The summed E-state index contributed by atoms with van der Waals surface area (Å²) in [6.07, 6.45) is 2.54. The summed E-state index contributed by atoms with van der Waals surface area (Å²) in [5, 5.41) is 3.35. The van der Waals surface area contributed by atoms with Gasteiger partial charge in [0.05, 0.1) is 0 Å². The van der Waals surface area contributed by atoms with Crippen molar-refractivity contribution in [3.05, 3.63) is 35.9 Å². The molecule has 0 aliphatic rings. The molecule has 0 saturated carbocycles. The number of rotatable bonds is 9. The minimum Gasteiger partial charge on any atom is -0.338 e. The molecule has 0 aliphatic carbocycles. The van der Waals surface area contributed by atoms with Crippen LogP contribution in [0.2, 0.25) is 0 Å². The summed E-state index contributed by atoms with van der Waals surface area (Å²) in [5.41, 5.74) is 1.20. The fourth-order valence-electron chi connectivity index (χ4n) is 2.15. The van der Waals surface area contributed by atoms with Crippen LogP contribution in [-0.4, -0.2) is 29.9 Å². The third-order valence-electron chi connectivity index (χ3n) is 3.18. The molecule has 0 radical (unpaired) electrons. The van der Waals surface area contributed by atoms with E-state index in [1.54, 1.807) is 0 Å². The number of carbonyl (C=O) groups excluding carboxylic acids is 1. The van der Waals surface area contributed by atoms with E-state index in [1.165, 1.54) is 5.56 Å². The highest BCUT2D eigenvalue weighted by Gasteiger charge is 2.12. The Bertz CT molecular complexity index is 376. The summed E-state index contributed by atoms with van der Waals surface area (Å²) in [7, 11) is 0. The molecule has 0 aromatic heterocycles. The van der Waals surface area contributed by atoms with E-state index >= 15 is 0 Å². The molecule has 20 heavy (non-hydrogen) atoms. The van der Waals surface area contributed by atoms with Crippen molar-refractivity contribution in [2.24, 2.45) is 0 Å². The van der Waals surface area contributed by atoms with Crippen molar-refractivity contribution >= 4 is 5.91 Å². The molecule has 0 spiro atoms. The van der Waals surface area contributed by atoms with Gasteiger partial charge in [-0.1, -0.05) is 51.1 Å². The summed E-state index contributed by atoms with van der Waals surface area (Å²) in [5.74, 6) is 0.265. The summed E-state index contributed by atoms with van der Waals surface area (Å²) in [6.45, 7) is 8.85. The maximum atomic E-state index is 12.3. The highest BCUT2D eigenvalue weighted by Crippen LogP contribution is 2.08. The van der Waals surface area contributed by atoms with Crippen molar-refractivity contribution < 1.29 is 4.79 Å². The fraction of sp³-hybridized carbons (Fsp3) is 0.588. The van der Waals surface area contributed by atoms with Crippen molar-refractivity contribution in [2.45, 2.75) is 52.6 Å². The maximum Gasteiger partial charge on any atom is 0.222 e. The molecular weight excluding hydrogens is 248 g/mol. The van der Waals surface area contributed by atoms with Gasteiger partial charge in [0.1, 0.15) is 0 Å². The lowest BCUT2D eigenvalue weighted by Crippen LogP contribution is -2.32. The lowest BCUT2D eigenvalue weighted by molar-refractivity contribution is -0.132. The molecule has 1 N–H and O–H groups in total. The van der Waals surface area contributed by atoms with E-state index < -0.39 is 0 Å². The minimum atomic E-state index is 0.265. The van der Waals surface area contributed by atoms with Crippen LogP contribution in [0.5, 0.6) is 0 Å². The second-order valence-electron chi connectivity index (χ2n) is 5.51. The molecule has 0 fully saturated rings. The van der Waals surface area contributed by atoms with Crippen LogP contribution in [0.15, 0.2) is 30.3 Å². The van der Waals surface area contributed by atoms with Crippen molar-refractivity contribution in [3.8, 4) is 0 Å². The molecule has 3 heteroatoms. The van der Waals surface area contributed by atoms with E-state index in [0.717, 1.165) is 32.5 Å². The zero-order chi connectivity index (χ0) is 14.8. The quantitative estimate of drug-likeness (QED) is 0.702. The zero-order valence-corrected chi connectivity index (χ0v) is 13.1. The lowest BCUT2D eigenvalue weighted by atomic mass is 10.2. The smallest absolute Gasteiger partial charge is 0.222 e. The average molecular weight is 276 g/mol. The van der Waals surface area contributed by atoms with Crippen molar-refractivity contribution in [1.29, 1.82) is 0 Å². The van der Waals surface area contributed by atoms with Crippen LogP contribution in [0.1, 0.15) is 45.6 Å². The zero-order valence-electron chi connectivity index (χ0n) is 13.1. The highest BCUT2D eigenvalue weighted by molar-refractivity contribution is 5.76. The van der Waals surface area contributed by atoms with E-state index in [4.69, 9.17) is 0 Å². The third-order valence-corrected chi connectivity index (χ3v) is 3.18. The van der Waals surface area contributed by atoms with Gasteiger partial charge in [-0.3, -0.25) is 4.79 Å². The Balaban J connectivity index is 2.42. The van der Waals surface area contributed by atoms with Gasteiger partial charge in [-0.15, -0.1) is 0 Å². The molecule has 0 heterocycles. The van der Waals surface area contributed by atoms with E-state index in [2.05, 4.69) is 38.2 Å². The normalized spacial score (nSPS) is 10.8. The number of carbonyl (C=O) groups is 1. The molecule has 1 aromatic carbocycles. The second kappa shape index (κ2) is 9.54. The van der Waals surface area contributed by atoms with Gasteiger partial charge in [0, 0.05) is 25.6 Å². The van der Waals surface area contributed by atoms with Crippen LogP contribution < -0.4 is 5.32 Å². The number of amides is 1.